The first-order valence-corrected chi connectivity index (χ1v) is 15.7. The van der Waals surface area contributed by atoms with E-state index < -0.39 is 17.5 Å². The molecule has 0 unspecified atom stereocenters. The van der Waals surface area contributed by atoms with Gasteiger partial charge in [0, 0.05) is 36.3 Å². The molecule has 1 aliphatic rings. The molecule has 44 heavy (non-hydrogen) atoms. The van der Waals surface area contributed by atoms with Crippen LogP contribution in [0.25, 0.3) is 21.1 Å². The normalized spacial score (nSPS) is 16.5. The minimum absolute atomic E-state index is 0.0245. The number of carboxylic acids is 1. The highest BCUT2D eigenvalue weighted by Crippen LogP contribution is 2.38. The van der Waals surface area contributed by atoms with Crippen molar-refractivity contribution in [3.63, 3.8) is 0 Å². The highest BCUT2D eigenvalue weighted by atomic mass is 32.1. The Morgan fingerprint density at radius 1 is 1.20 bits per heavy atom. The maximum atomic E-state index is 12.3. The van der Waals surface area contributed by atoms with E-state index in [9.17, 15) is 20.1 Å². The molecule has 5 aromatic rings. The maximum absolute atomic E-state index is 12.3. The van der Waals surface area contributed by atoms with Gasteiger partial charge in [-0.15, -0.1) is 16.4 Å². The Hall–Kier alpha value is -4.06. The number of rotatable bonds is 9. The molecule has 0 saturated heterocycles. The minimum atomic E-state index is -0.958. The third-order valence-corrected chi connectivity index (χ3v) is 9.23. The van der Waals surface area contributed by atoms with Gasteiger partial charge in [0.05, 0.1) is 24.1 Å². The van der Waals surface area contributed by atoms with Gasteiger partial charge in [-0.25, -0.2) is 9.67 Å². The zero-order chi connectivity index (χ0) is 31.2. The van der Waals surface area contributed by atoms with Crippen molar-refractivity contribution >= 4 is 38.4 Å². The van der Waals surface area contributed by atoms with Gasteiger partial charge in [-0.1, -0.05) is 24.3 Å². The van der Waals surface area contributed by atoms with Crippen LogP contribution in [-0.4, -0.2) is 64.4 Å². The van der Waals surface area contributed by atoms with E-state index in [0.29, 0.717) is 43.1 Å². The van der Waals surface area contributed by atoms with Crippen molar-refractivity contribution in [2.45, 2.75) is 77.8 Å². The predicted molar refractivity (Wildman–Crippen MR) is 169 cm³/mol. The first-order chi connectivity index (χ1) is 21.0. The summed E-state index contributed by atoms with van der Waals surface area (Å²) >= 11 is 1.67. The van der Waals surface area contributed by atoms with Crippen molar-refractivity contribution in [2.24, 2.45) is 0 Å². The Bertz CT molecular complexity index is 1840. The number of hydrogen-bond donors (Lipinski definition) is 3. The number of thiophene rings is 1. The van der Waals surface area contributed by atoms with Crippen LogP contribution in [0.15, 0.2) is 47.8 Å². The summed E-state index contributed by atoms with van der Waals surface area (Å²) in [6.45, 7) is 9.63. The van der Waals surface area contributed by atoms with E-state index in [1.165, 1.54) is 0 Å². The smallest absolute Gasteiger partial charge is 0.304 e. The van der Waals surface area contributed by atoms with E-state index in [4.69, 9.17) is 4.74 Å². The molecular weight excluding hydrogens is 578 g/mol. The molecule has 11 heteroatoms. The van der Waals surface area contributed by atoms with Crippen LogP contribution >= 0.6 is 11.3 Å². The average Bonchev–Trinajstić information content (AvgIpc) is 3.55. The lowest BCUT2D eigenvalue weighted by Gasteiger charge is -2.25. The number of aliphatic carboxylic acids is 1. The first kappa shape index (κ1) is 30.0. The highest BCUT2D eigenvalue weighted by molar-refractivity contribution is 7.17. The van der Waals surface area contributed by atoms with E-state index >= 15 is 0 Å². The van der Waals surface area contributed by atoms with Gasteiger partial charge in [0.15, 0.2) is 0 Å². The second kappa shape index (κ2) is 11.8. The summed E-state index contributed by atoms with van der Waals surface area (Å²) in [7, 11) is 0. The molecule has 0 amide bonds. The predicted octanol–water partition coefficient (Wildman–Crippen LogP) is 5.61. The number of pyridine rings is 1. The molecule has 2 atom stereocenters. The maximum Gasteiger partial charge on any atom is 0.304 e. The third-order valence-electron chi connectivity index (χ3n) is 8.22. The number of aromatic hydroxyl groups is 1. The van der Waals surface area contributed by atoms with E-state index in [1.54, 1.807) is 42.0 Å². The molecule has 3 N–H and O–H groups in total. The number of fused-ring (bicyclic) bond motifs is 3. The van der Waals surface area contributed by atoms with Gasteiger partial charge in [0.25, 0.3) is 0 Å². The minimum Gasteiger partial charge on any atom is -0.493 e. The Labute approximate surface area is 259 Å². The van der Waals surface area contributed by atoms with E-state index in [0.717, 1.165) is 44.3 Å². The lowest BCUT2D eigenvalue weighted by atomic mass is 9.84. The summed E-state index contributed by atoms with van der Waals surface area (Å²) in [5.74, 6) is -0.632. The summed E-state index contributed by atoms with van der Waals surface area (Å²) in [6, 6.07) is 13.6. The molecule has 0 bridgehead atoms. The molecule has 230 valence electrons. The fourth-order valence-corrected chi connectivity index (χ4v) is 7.07. The molecule has 0 fully saturated rings. The Morgan fingerprint density at radius 3 is 2.77 bits per heavy atom. The zero-order valence-corrected chi connectivity index (χ0v) is 26.1. The number of ether oxygens (including phenoxy) is 1. The SMILES string of the molecule is CC[C@@H]1CN(Cc2cc([C@@H](CC(=O)O)c3ccc4c(nnn4CC(C)(C)O)c3C)cc3ccsc23)Cc2nc(O)ccc2O1. The Kier molecular flexibility index (Phi) is 8.04. The number of carboxylic acid groups (broad SMARTS) is 1. The van der Waals surface area contributed by atoms with Gasteiger partial charge in [-0.2, -0.15) is 0 Å². The number of carbonyl (C=O) groups is 1. The number of hydrogen-bond acceptors (Lipinski definition) is 9. The molecule has 1 aliphatic heterocycles. The lowest BCUT2D eigenvalue weighted by Crippen LogP contribution is -2.32. The van der Waals surface area contributed by atoms with Crippen molar-refractivity contribution in [1.82, 2.24) is 24.9 Å². The van der Waals surface area contributed by atoms with Gasteiger partial charge < -0.3 is 20.1 Å². The first-order valence-electron chi connectivity index (χ1n) is 14.8. The molecule has 0 spiro atoms. The molecule has 4 heterocycles. The molecule has 10 nitrogen and oxygen atoms in total. The largest absolute Gasteiger partial charge is 0.493 e. The van der Waals surface area contributed by atoms with Gasteiger partial charge in [0.2, 0.25) is 5.88 Å². The molecule has 0 saturated carbocycles. The molecule has 0 radical (unpaired) electrons. The monoisotopic (exact) mass is 615 g/mol. The van der Waals surface area contributed by atoms with Crippen LogP contribution in [0.5, 0.6) is 11.6 Å². The second-order valence-corrected chi connectivity index (χ2v) is 13.2. The molecule has 2 aromatic carbocycles. The molecule has 3 aromatic heterocycles. The summed E-state index contributed by atoms with van der Waals surface area (Å²) < 4.78 is 9.09. The van der Waals surface area contributed by atoms with E-state index in [1.807, 2.05) is 19.1 Å². The summed E-state index contributed by atoms with van der Waals surface area (Å²) in [4.78, 5) is 18.9. The number of aryl methyl sites for hydroxylation is 1. The number of benzene rings is 2. The van der Waals surface area contributed by atoms with Crippen molar-refractivity contribution in [3.05, 3.63) is 75.8 Å². The quantitative estimate of drug-likeness (QED) is 0.194. The molecule has 6 rings (SSSR count). The molecular formula is C33H37N5O5S. The fraction of sp³-hybridized carbons (Fsp3) is 0.394. The van der Waals surface area contributed by atoms with Crippen LogP contribution in [0, 0.1) is 6.92 Å². The van der Waals surface area contributed by atoms with Crippen molar-refractivity contribution < 1.29 is 24.9 Å². The van der Waals surface area contributed by atoms with Crippen LogP contribution in [-0.2, 0) is 24.4 Å². The lowest BCUT2D eigenvalue weighted by molar-refractivity contribution is -0.137. The Balaban J connectivity index is 1.40. The van der Waals surface area contributed by atoms with Gasteiger partial charge in [0.1, 0.15) is 23.1 Å². The van der Waals surface area contributed by atoms with Gasteiger partial charge in [-0.05, 0) is 84.5 Å². The third kappa shape index (κ3) is 6.12. The summed E-state index contributed by atoms with van der Waals surface area (Å²) in [5.41, 5.74) is 5.03. The van der Waals surface area contributed by atoms with Crippen molar-refractivity contribution in [2.75, 3.05) is 6.54 Å². The fourth-order valence-electron chi connectivity index (χ4n) is 6.18. The zero-order valence-electron chi connectivity index (χ0n) is 25.3. The highest BCUT2D eigenvalue weighted by Gasteiger charge is 2.27. The Morgan fingerprint density at radius 2 is 2.02 bits per heavy atom. The number of aromatic nitrogens is 4. The van der Waals surface area contributed by atoms with Crippen LogP contribution in [0.4, 0.5) is 0 Å². The topological polar surface area (TPSA) is 134 Å². The number of nitrogens with zero attached hydrogens (tertiary/aromatic N) is 5. The van der Waals surface area contributed by atoms with E-state index in [2.05, 4.69) is 50.7 Å². The van der Waals surface area contributed by atoms with Crippen LogP contribution in [0.1, 0.15) is 67.5 Å². The van der Waals surface area contributed by atoms with Gasteiger partial charge in [-0.3, -0.25) is 9.69 Å². The van der Waals surface area contributed by atoms with Crippen LogP contribution in [0.3, 0.4) is 0 Å². The second-order valence-electron chi connectivity index (χ2n) is 12.3. The van der Waals surface area contributed by atoms with Crippen LogP contribution in [0.2, 0.25) is 0 Å². The van der Waals surface area contributed by atoms with Crippen molar-refractivity contribution in [1.29, 1.82) is 0 Å². The van der Waals surface area contributed by atoms with Gasteiger partial charge >= 0.3 is 5.97 Å². The molecule has 0 aliphatic carbocycles. The summed E-state index contributed by atoms with van der Waals surface area (Å²) in [5, 5.41) is 42.3. The van der Waals surface area contributed by atoms with Crippen LogP contribution < -0.4 is 4.74 Å². The standard InChI is InChI=1S/C33H37N5O5S/c1-5-23-16-37(17-26-28(43-23)8-9-29(39)34-26)15-22-13-21(12-20-10-11-44-32(20)22)25(14-30(40)41)24-6-7-27-31(19(24)2)35-36-38(27)18-33(3,4)42/h6-13,23,25,42H,5,14-18H2,1-4H3,(H,34,39)(H,40,41)/t23-,25-/m1/s1. The van der Waals surface area contributed by atoms with E-state index in [-0.39, 0.29) is 18.4 Å². The summed E-state index contributed by atoms with van der Waals surface area (Å²) in [6.07, 6.45) is 0.725. The van der Waals surface area contributed by atoms with Crippen molar-refractivity contribution in [3.8, 4) is 11.6 Å². The number of aliphatic hydroxyl groups is 1. The average molecular weight is 616 g/mol.